The van der Waals surface area contributed by atoms with Crippen molar-refractivity contribution in [2.45, 2.75) is 33.2 Å². The number of pyridine rings is 1. The molecule has 0 spiro atoms. The lowest BCUT2D eigenvalue weighted by Gasteiger charge is -2.30. The number of ether oxygens (including phenoxy) is 1. The van der Waals surface area contributed by atoms with E-state index >= 15 is 0 Å². The number of hydrogen-bond donors (Lipinski definition) is 1. The highest BCUT2D eigenvalue weighted by Gasteiger charge is 2.30. The molecule has 5 nitrogen and oxygen atoms in total. The summed E-state index contributed by atoms with van der Waals surface area (Å²) in [5.41, 5.74) is 4.12. The number of halogens is 2. The second-order valence-corrected chi connectivity index (χ2v) is 7.63. The molecule has 0 bridgehead atoms. The van der Waals surface area contributed by atoms with Gasteiger partial charge >= 0.3 is 0 Å². The first-order valence-electron chi connectivity index (χ1n) is 8.80. The molecule has 0 atom stereocenters. The molecule has 2 heterocycles. The molecule has 0 radical (unpaired) electrons. The van der Waals surface area contributed by atoms with Crippen LogP contribution in [-0.2, 0) is 24.1 Å². The van der Waals surface area contributed by atoms with Gasteiger partial charge in [-0.2, -0.15) is 0 Å². The van der Waals surface area contributed by atoms with Gasteiger partial charge in [-0.15, -0.1) is 0 Å². The Morgan fingerprint density at radius 1 is 1.22 bits per heavy atom. The number of nitrogens with zero attached hydrogens (tertiary/aromatic N) is 1. The number of hydrogen-bond acceptors (Lipinski definition) is 3. The molecule has 0 saturated carbocycles. The topological polar surface area (TPSA) is 62.4 Å². The Kier molecular flexibility index (Phi) is 5.94. The van der Waals surface area contributed by atoms with Gasteiger partial charge in [-0.1, -0.05) is 23.2 Å². The zero-order valence-corrected chi connectivity index (χ0v) is 17.1. The summed E-state index contributed by atoms with van der Waals surface area (Å²) >= 11 is 13.0. The predicted molar refractivity (Wildman–Crippen MR) is 107 cm³/mol. The highest BCUT2D eigenvalue weighted by Crippen LogP contribution is 2.35. The van der Waals surface area contributed by atoms with Gasteiger partial charge in [-0.3, -0.25) is 9.59 Å². The molecule has 144 valence electrons. The molecule has 1 aromatic carbocycles. The van der Waals surface area contributed by atoms with Crippen LogP contribution in [0.25, 0.3) is 0 Å². The van der Waals surface area contributed by atoms with E-state index in [1.807, 2.05) is 26.0 Å². The minimum absolute atomic E-state index is 0.163. The summed E-state index contributed by atoms with van der Waals surface area (Å²) in [4.78, 5) is 29.9. The summed E-state index contributed by atoms with van der Waals surface area (Å²) in [5, 5.41) is 0.980. The van der Waals surface area contributed by atoms with Crippen molar-refractivity contribution in [2.24, 2.45) is 0 Å². The van der Waals surface area contributed by atoms with Gasteiger partial charge in [0, 0.05) is 29.9 Å². The van der Waals surface area contributed by atoms with Gasteiger partial charge in [0.25, 0.3) is 11.5 Å². The first-order chi connectivity index (χ1) is 12.8. The zero-order valence-electron chi connectivity index (χ0n) is 15.6. The number of aromatic nitrogens is 1. The van der Waals surface area contributed by atoms with Gasteiger partial charge < -0.3 is 14.6 Å². The monoisotopic (exact) mass is 408 g/mol. The second-order valence-electron chi connectivity index (χ2n) is 6.85. The number of nitrogens with one attached hydrogen (secondary N) is 1. The molecular formula is C20H22Cl2N2O3. The minimum Gasteiger partial charge on any atom is -0.384 e. The van der Waals surface area contributed by atoms with Gasteiger partial charge in [0.05, 0.1) is 23.7 Å². The number of methoxy groups -OCH3 is 1. The van der Waals surface area contributed by atoms with Crippen LogP contribution in [0.1, 0.15) is 38.3 Å². The normalized spacial score (nSPS) is 13.8. The van der Waals surface area contributed by atoms with Gasteiger partial charge in [-0.25, -0.2) is 0 Å². The van der Waals surface area contributed by atoms with Crippen LogP contribution < -0.4 is 5.56 Å². The number of benzene rings is 1. The van der Waals surface area contributed by atoms with Crippen LogP contribution in [0.5, 0.6) is 0 Å². The van der Waals surface area contributed by atoms with Crippen molar-refractivity contribution < 1.29 is 9.53 Å². The fourth-order valence-corrected chi connectivity index (χ4v) is 4.17. The molecule has 1 aliphatic heterocycles. The van der Waals surface area contributed by atoms with E-state index in [4.69, 9.17) is 27.9 Å². The van der Waals surface area contributed by atoms with Crippen LogP contribution in [0.4, 0.5) is 0 Å². The van der Waals surface area contributed by atoms with Crippen LogP contribution in [0, 0.1) is 13.8 Å². The summed E-state index contributed by atoms with van der Waals surface area (Å²) in [6, 6.07) is 3.73. The molecule has 2 aromatic rings. The first kappa shape index (κ1) is 19.9. The third-order valence-electron chi connectivity index (χ3n) is 4.94. The average Bonchev–Trinajstić information content (AvgIpc) is 2.61. The molecule has 0 saturated heterocycles. The average molecular weight is 409 g/mol. The maximum Gasteiger partial charge on any atom is 0.256 e. The molecule has 27 heavy (non-hydrogen) atoms. The van der Waals surface area contributed by atoms with Crippen molar-refractivity contribution in [3.8, 4) is 0 Å². The van der Waals surface area contributed by atoms with Crippen molar-refractivity contribution in [3.05, 3.63) is 66.0 Å². The van der Waals surface area contributed by atoms with Crippen molar-refractivity contribution in [3.63, 3.8) is 0 Å². The highest BCUT2D eigenvalue weighted by atomic mass is 35.5. The number of rotatable bonds is 5. The maximum atomic E-state index is 13.1. The summed E-state index contributed by atoms with van der Waals surface area (Å²) in [5.74, 6) is -0.193. The largest absolute Gasteiger partial charge is 0.384 e. The van der Waals surface area contributed by atoms with E-state index in [0.717, 1.165) is 22.4 Å². The molecule has 1 aromatic heterocycles. The predicted octanol–water partition coefficient (Wildman–Crippen LogP) is 3.69. The van der Waals surface area contributed by atoms with Crippen LogP contribution in [0.2, 0.25) is 10.0 Å². The summed E-state index contributed by atoms with van der Waals surface area (Å²) in [6.07, 6.45) is 1.18. The minimum atomic E-state index is -0.193. The number of aromatic amines is 1. The van der Waals surface area contributed by atoms with E-state index in [1.54, 1.807) is 12.0 Å². The summed E-state index contributed by atoms with van der Waals surface area (Å²) in [7, 11) is 1.61. The fraction of sp³-hybridized carbons (Fsp3) is 0.400. The summed E-state index contributed by atoms with van der Waals surface area (Å²) in [6.45, 7) is 4.95. The van der Waals surface area contributed by atoms with Gasteiger partial charge in [0.15, 0.2) is 0 Å². The Hall–Kier alpha value is -1.82. The molecule has 0 unspecified atom stereocenters. The molecule has 7 heteroatoms. The van der Waals surface area contributed by atoms with Crippen LogP contribution >= 0.6 is 23.2 Å². The standard InChI is InChI=1S/C20H22Cl2N2O3/c1-11-8-12(2)23-19(25)15(11)10-24-6-4-14-16(21)9-13(5-7-27-3)18(22)17(14)20(24)26/h8-9H,4-7,10H2,1-3H3,(H,23,25). The van der Waals surface area contributed by atoms with Gasteiger partial charge in [0.1, 0.15) is 0 Å². The van der Waals surface area contributed by atoms with E-state index in [2.05, 4.69) is 4.98 Å². The second kappa shape index (κ2) is 8.05. The number of H-pyrrole nitrogens is 1. The number of carbonyl (C=O) groups is 1. The Balaban J connectivity index is 1.96. The number of fused-ring (bicyclic) bond motifs is 1. The molecule has 0 aliphatic carbocycles. The molecule has 1 N–H and O–H groups in total. The fourth-order valence-electron chi connectivity index (χ4n) is 3.50. The van der Waals surface area contributed by atoms with Crippen molar-refractivity contribution in [2.75, 3.05) is 20.3 Å². The first-order valence-corrected chi connectivity index (χ1v) is 9.56. The number of aryl methyl sites for hydroxylation is 2. The Morgan fingerprint density at radius 3 is 2.63 bits per heavy atom. The number of carbonyl (C=O) groups excluding carboxylic acids is 1. The lowest BCUT2D eigenvalue weighted by molar-refractivity contribution is 0.0726. The Morgan fingerprint density at radius 2 is 1.96 bits per heavy atom. The summed E-state index contributed by atoms with van der Waals surface area (Å²) < 4.78 is 5.11. The van der Waals surface area contributed by atoms with Crippen LogP contribution in [-0.4, -0.2) is 36.1 Å². The molecule has 3 rings (SSSR count). The van der Waals surface area contributed by atoms with Crippen molar-refractivity contribution in [1.29, 1.82) is 0 Å². The lowest BCUT2D eigenvalue weighted by atomic mass is 9.94. The van der Waals surface area contributed by atoms with E-state index in [1.165, 1.54) is 0 Å². The van der Waals surface area contributed by atoms with E-state index in [-0.39, 0.29) is 18.0 Å². The van der Waals surface area contributed by atoms with Crippen molar-refractivity contribution >= 4 is 29.1 Å². The van der Waals surface area contributed by atoms with E-state index in [0.29, 0.717) is 47.2 Å². The number of amides is 1. The van der Waals surface area contributed by atoms with E-state index < -0.39 is 0 Å². The highest BCUT2D eigenvalue weighted by molar-refractivity contribution is 6.37. The third kappa shape index (κ3) is 3.91. The van der Waals surface area contributed by atoms with Crippen LogP contribution in [0.3, 0.4) is 0 Å². The molecular weight excluding hydrogens is 387 g/mol. The Bertz CT molecular complexity index is 953. The Labute approximate surface area is 168 Å². The molecule has 1 aliphatic rings. The molecule has 1 amide bonds. The smallest absolute Gasteiger partial charge is 0.256 e. The zero-order chi connectivity index (χ0) is 19.7. The SMILES string of the molecule is COCCc1cc(Cl)c2c(c1Cl)C(=O)N(Cc1c(C)cc(C)[nH]c1=O)CC2. The van der Waals surface area contributed by atoms with Crippen LogP contribution in [0.15, 0.2) is 16.9 Å². The quantitative estimate of drug-likeness (QED) is 0.820. The van der Waals surface area contributed by atoms with Crippen molar-refractivity contribution in [1.82, 2.24) is 9.88 Å². The lowest BCUT2D eigenvalue weighted by Crippen LogP contribution is -2.39. The third-order valence-corrected chi connectivity index (χ3v) is 5.71. The van der Waals surface area contributed by atoms with Gasteiger partial charge in [-0.05, 0) is 55.5 Å². The maximum absolute atomic E-state index is 13.1. The van der Waals surface area contributed by atoms with Gasteiger partial charge in [0.2, 0.25) is 0 Å². The van der Waals surface area contributed by atoms with E-state index in [9.17, 15) is 9.59 Å². The molecule has 0 fully saturated rings.